The molecule has 0 spiro atoms. The maximum atomic E-state index is 11.6. The highest BCUT2D eigenvalue weighted by atomic mass is 16.6. The molecule has 1 N–H and O–H groups in total. The molecule has 2 aromatic rings. The average molecular weight is 319 g/mol. The molecule has 0 radical (unpaired) electrons. The van der Waals surface area contributed by atoms with Crippen molar-refractivity contribution in [3.05, 3.63) is 29.5 Å². The van der Waals surface area contributed by atoms with Gasteiger partial charge in [0.1, 0.15) is 5.60 Å². The number of amides is 1. The first kappa shape index (κ1) is 16.9. The molecule has 23 heavy (non-hydrogen) atoms. The van der Waals surface area contributed by atoms with Crippen LogP contribution >= 0.6 is 0 Å². The zero-order valence-corrected chi connectivity index (χ0v) is 13.8. The van der Waals surface area contributed by atoms with Crippen molar-refractivity contribution in [3.63, 3.8) is 0 Å². The second-order valence-electron chi connectivity index (χ2n) is 6.12. The van der Waals surface area contributed by atoms with Crippen molar-refractivity contribution in [1.82, 2.24) is 5.32 Å². The second-order valence-corrected chi connectivity index (χ2v) is 6.12. The maximum absolute atomic E-state index is 11.6. The number of methoxy groups -OCH3 is 1. The van der Waals surface area contributed by atoms with Crippen molar-refractivity contribution in [3.8, 4) is 5.75 Å². The highest BCUT2D eigenvalue weighted by molar-refractivity contribution is 6.00. The number of benzene rings is 1. The lowest BCUT2D eigenvalue weighted by Crippen LogP contribution is -2.33. The van der Waals surface area contributed by atoms with Gasteiger partial charge < -0.3 is 19.2 Å². The van der Waals surface area contributed by atoms with Gasteiger partial charge in [0.2, 0.25) is 0 Å². The van der Waals surface area contributed by atoms with E-state index in [9.17, 15) is 9.59 Å². The van der Waals surface area contributed by atoms with E-state index >= 15 is 0 Å². The van der Waals surface area contributed by atoms with Gasteiger partial charge in [-0.15, -0.1) is 0 Å². The molecule has 6 heteroatoms. The molecule has 1 aromatic heterocycles. The molecular formula is C17H21NO5. The number of nitrogens with one attached hydrogen (secondary N) is 1. The van der Waals surface area contributed by atoms with Gasteiger partial charge in [0, 0.05) is 23.1 Å². The Morgan fingerprint density at radius 3 is 2.70 bits per heavy atom. The van der Waals surface area contributed by atoms with Gasteiger partial charge >= 0.3 is 6.09 Å². The van der Waals surface area contributed by atoms with Crippen molar-refractivity contribution in [2.75, 3.05) is 13.7 Å². The number of carbonyl (C=O) groups is 2. The van der Waals surface area contributed by atoms with E-state index in [-0.39, 0.29) is 0 Å². The number of furan rings is 1. The third kappa shape index (κ3) is 4.03. The van der Waals surface area contributed by atoms with Gasteiger partial charge in [-0.05, 0) is 39.3 Å². The highest BCUT2D eigenvalue weighted by Crippen LogP contribution is 2.32. The topological polar surface area (TPSA) is 77.8 Å². The van der Waals surface area contributed by atoms with Crippen molar-refractivity contribution < 1.29 is 23.5 Å². The summed E-state index contributed by atoms with van der Waals surface area (Å²) in [4.78, 5) is 22.9. The first-order valence-electron chi connectivity index (χ1n) is 7.35. The minimum Gasteiger partial charge on any atom is -0.493 e. The normalized spacial score (nSPS) is 11.3. The van der Waals surface area contributed by atoms with Gasteiger partial charge in [-0.1, -0.05) is 0 Å². The average Bonchev–Trinajstić information content (AvgIpc) is 2.89. The van der Waals surface area contributed by atoms with Crippen LogP contribution in [0, 0.1) is 0 Å². The van der Waals surface area contributed by atoms with Crippen molar-refractivity contribution in [1.29, 1.82) is 0 Å². The van der Waals surface area contributed by atoms with E-state index < -0.39 is 11.7 Å². The highest BCUT2D eigenvalue weighted by Gasteiger charge is 2.17. The molecule has 6 nitrogen and oxygen atoms in total. The fraction of sp³-hybridized carbons (Fsp3) is 0.412. The summed E-state index contributed by atoms with van der Waals surface area (Å²) in [5.74, 6) is 0.567. The van der Waals surface area contributed by atoms with Crippen LogP contribution in [0.1, 0.15) is 36.7 Å². The van der Waals surface area contributed by atoms with Crippen LogP contribution in [0.2, 0.25) is 0 Å². The molecule has 0 fully saturated rings. The first-order chi connectivity index (χ1) is 10.9. The molecule has 1 amide bonds. The van der Waals surface area contributed by atoms with E-state index in [1.54, 1.807) is 46.3 Å². The molecule has 0 aliphatic heterocycles. The van der Waals surface area contributed by atoms with E-state index in [1.165, 1.54) is 0 Å². The number of carbonyl (C=O) groups excluding carboxylic acids is 2. The van der Waals surface area contributed by atoms with E-state index in [0.29, 0.717) is 35.2 Å². The Morgan fingerprint density at radius 2 is 2.09 bits per heavy atom. The minimum absolute atomic E-state index is 0.374. The molecule has 0 saturated heterocycles. The summed E-state index contributed by atoms with van der Waals surface area (Å²) in [6.45, 7) is 5.79. The Bertz CT molecular complexity index is 712. The SMILES string of the molecule is COc1ccc(C=O)c2c(CCNC(=O)OC(C)(C)C)coc12. The maximum Gasteiger partial charge on any atom is 0.407 e. The Balaban J connectivity index is 2.12. The number of hydrogen-bond acceptors (Lipinski definition) is 5. The van der Waals surface area contributed by atoms with Crippen LogP contribution in [0.5, 0.6) is 5.75 Å². The molecule has 0 saturated carbocycles. The quantitative estimate of drug-likeness (QED) is 0.855. The number of ether oxygens (including phenoxy) is 2. The standard InChI is InChI=1S/C17H21NO5/c1-17(2,3)23-16(20)18-8-7-12-10-22-15-13(21-4)6-5-11(9-19)14(12)15/h5-6,9-10H,7-8H2,1-4H3,(H,18,20). The van der Waals surface area contributed by atoms with Crippen molar-refractivity contribution in [2.24, 2.45) is 0 Å². The molecule has 0 unspecified atom stereocenters. The summed E-state index contributed by atoms with van der Waals surface area (Å²) in [6, 6.07) is 3.38. The monoisotopic (exact) mass is 319 g/mol. The Labute approximate surface area is 134 Å². The zero-order valence-electron chi connectivity index (χ0n) is 13.8. The van der Waals surface area contributed by atoms with Crippen LogP contribution in [0.3, 0.4) is 0 Å². The van der Waals surface area contributed by atoms with Crippen LogP contribution in [-0.4, -0.2) is 31.6 Å². The van der Waals surface area contributed by atoms with Gasteiger partial charge in [0.05, 0.1) is 13.4 Å². The fourth-order valence-corrected chi connectivity index (χ4v) is 2.27. The lowest BCUT2D eigenvalue weighted by molar-refractivity contribution is 0.0528. The number of hydrogen-bond donors (Lipinski definition) is 1. The summed E-state index contributed by atoms with van der Waals surface area (Å²) < 4.78 is 15.9. The Morgan fingerprint density at radius 1 is 1.35 bits per heavy atom. The molecule has 1 heterocycles. The van der Waals surface area contributed by atoms with E-state index in [2.05, 4.69) is 5.32 Å². The molecule has 124 valence electrons. The first-order valence-corrected chi connectivity index (χ1v) is 7.35. The molecular weight excluding hydrogens is 298 g/mol. The zero-order chi connectivity index (χ0) is 17.0. The van der Waals surface area contributed by atoms with E-state index in [1.807, 2.05) is 0 Å². The van der Waals surface area contributed by atoms with Crippen molar-refractivity contribution >= 4 is 23.3 Å². The molecule has 2 rings (SSSR count). The largest absolute Gasteiger partial charge is 0.493 e. The second kappa shape index (κ2) is 6.73. The van der Waals surface area contributed by atoms with Gasteiger partial charge in [0.15, 0.2) is 17.6 Å². The number of rotatable bonds is 5. The molecule has 1 aromatic carbocycles. The van der Waals surface area contributed by atoms with Gasteiger partial charge in [-0.2, -0.15) is 0 Å². The van der Waals surface area contributed by atoms with Crippen LogP contribution in [0.25, 0.3) is 11.0 Å². The number of fused-ring (bicyclic) bond motifs is 1. The summed E-state index contributed by atoms with van der Waals surface area (Å²) >= 11 is 0. The van der Waals surface area contributed by atoms with Crippen LogP contribution < -0.4 is 10.1 Å². The number of aldehydes is 1. The van der Waals surface area contributed by atoms with E-state index in [4.69, 9.17) is 13.9 Å². The fourth-order valence-electron chi connectivity index (χ4n) is 2.27. The third-order valence-corrected chi connectivity index (χ3v) is 3.20. The predicted molar refractivity (Wildman–Crippen MR) is 86.1 cm³/mol. The van der Waals surface area contributed by atoms with Gasteiger partial charge in [-0.25, -0.2) is 4.79 Å². The molecule has 0 aliphatic rings. The lowest BCUT2D eigenvalue weighted by Gasteiger charge is -2.19. The van der Waals surface area contributed by atoms with Crippen LogP contribution in [0.15, 0.2) is 22.8 Å². The van der Waals surface area contributed by atoms with Gasteiger partial charge in [-0.3, -0.25) is 4.79 Å². The van der Waals surface area contributed by atoms with Crippen molar-refractivity contribution in [2.45, 2.75) is 32.8 Å². The Hall–Kier alpha value is -2.50. The Kier molecular flexibility index (Phi) is 4.93. The summed E-state index contributed by atoms with van der Waals surface area (Å²) in [5, 5.41) is 3.40. The smallest absolute Gasteiger partial charge is 0.407 e. The van der Waals surface area contributed by atoms with Crippen LogP contribution in [-0.2, 0) is 11.2 Å². The van der Waals surface area contributed by atoms with E-state index in [0.717, 1.165) is 11.8 Å². The lowest BCUT2D eigenvalue weighted by atomic mass is 10.0. The third-order valence-electron chi connectivity index (χ3n) is 3.20. The number of alkyl carbamates (subject to hydrolysis) is 1. The minimum atomic E-state index is -0.537. The summed E-state index contributed by atoms with van der Waals surface area (Å²) in [7, 11) is 1.54. The van der Waals surface area contributed by atoms with Crippen LogP contribution in [0.4, 0.5) is 4.79 Å². The predicted octanol–water partition coefficient (Wildman–Crippen LogP) is 3.32. The molecule has 0 bridgehead atoms. The summed E-state index contributed by atoms with van der Waals surface area (Å²) in [6.07, 6.45) is 2.40. The molecule has 0 atom stereocenters. The molecule has 0 aliphatic carbocycles. The summed E-state index contributed by atoms with van der Waals surface area (Å²) in [5.41, 5.74) is 1.35. The van der Waals surface area contributed by atoms with Gasteiger partial charge in [0.25, 0.3) is 0 Å².